The summed E-state index contributed by atoms with van der Waals surface area (Å²) in [5, 5.41) is 12.0. The van der Waals surface area contributed by atoms with Crippen LogP contribution in [0.25, 0.3) is 11.0 Å². The molecule has 1 aromatic heterocycles. The van der Waals surface area contributed by atoms with Gasteiger partial charge >= 0.3 is 5.97 Å². The minimum absolute atomic E-state index is 0.623. The minimum atomic E-state index is -0.894. The van der Waals surface area contributed by atoms with Gasteiger partial charge in [-0.15, -0.1) is 0 Å². The first-order valence-corrected chi connectivity index (χ1v) is 6.28. The first-order chi connectivity index (χ1) is 8.90. The summed E-state index contributed by atoms with van der Waals surface area (Å²) in [6.45, 7) is 3.95. The molecule has 0 unspecified atom stereocenters. The van der Waals surface area contributed by atoms with Gasteiger partial charge in [-0.1, -0.05) is 6.07 Å². The smallest absolute Gasteiger partial charge is 0.323 e. The Kier molecular flexibility index (Phi) is 3.57. The minimum Gasteiger partial charge on any atom is -0.480 e. The van der Waals surface area contributed by atoms with Crippen molar-refractivity contribution in [1.82, 2.24) is 14.9 Å². The van der Waals surface area contributed by atoms with E-state index >= 15 is 0 Å². The number of carbonyl (C=O) groups is 1. The van der Waals surface area contributed by atoms with Crippen molar-refractivity contribution in [3.63, 3.8) is 0 Å². The van der Waals surface area contributed by atoms with E-state index in [1.54, 1.807) is 20.2 Å². The Morgan fingerprint density at radius 3 is 2.89 bits per heavy atom. The van der Waals surface area contributed by atoms with Crippen molar-refractivity contribution in [3.8, 4) is 0 Å². The molecule has 1 aromatic carbocycles. The molecule has 0 bridgehead atoms. The fourth-order valence-electron chi connectivity index (χ4n) is 1.93. The van der Waals surface area contributed by atoms with Gasteiger partial charge in [-0.25, -0.2) is 4.98 Å². The Hall–Kier alpha value is -1.88. The number of fused-ring (bicyclic) bond motifs is 1. The summed E-state index contributed by atoms with van der Waals surface area (Å²) in [4.78, 5) is 15.3. The van der Waals surface area contributed by atoms with E-state index in [1.165, 1.54) is 0 Å². The predicted octanol–water partition coefficient (Wildman–Crippen LogP) is 1.57. The third-order valence-corrected chi connectivity index (χ3v) is 3.31. The lowest BCUT2D eigenvalue weighted by Crippen LogP contribution is -2.47. The van der Waals surface area contributed by atoms with E-state index in [1.807, 2.05) is 23.7 Å². The lowest BCUT2D eigenvalue weighted by Gasteiger charge is -2.20. The molecule has 5 nitrogen and oxygen atoms in total. The van der Waals surface area contributed by atoms with Gasteiger partial charge in [0.25, 0.3) is 0 Å². The molecule has 5 heteroatoms. The molecule has 102 valence electrons. The maximum absolute atomic E-state index is 11.0. The summed E-state index contributed by atoms with van der Waals surface area (Å²) < 4.78 is 1.98. The highest BCUT2D eigenvalue weighted by Crippen LogP contribution is 2.14. The third kappa shape index (κ3) is 2.93. The van der Waals surface area contributed by atoms with Gasteiger partial charge in [-0.2, -0.15) is 0 Å². The van der Waals surface area contributed by atoms with E-state index in [2.05, 4.69) is 16.4 Å². The molecule has 0 amide bonds. The van der Waals surface area contributed by atoms with E-state index in [-0.39, 0.29) is 0 Å². The highest BCUT2D eigenvalue weighted by Gasteiger charge is 2.25. The van der Waals surface area contributed by atoms with Gasteiger partial charge in [-0.05, 0) is 38.0 Å². The summed E-state index contributed by atoms with van der Waals surface area (Å²) in [7, 11) is 1.96. The monoisotopic (exact) mass is 261 g/mol. The Morgan fingerprint density at radius 1 is 1.47 bits per heavy atom. The van der Waals surface area contributed by atoms with Crippen LogP contribution in [0.3, 0.4) is 0 Å². The number of imidazole rings is 1. The molecule has 0 aliphatic carbocycles. The molecule has 2 N–H and O–H groups in total. The van der Waals surface area contributed by atoms with E-state index in [4.69, 9.17) is 5.11 Å². The molecule has 0 atom stereocenters. The molecule has 1 heterocycles. The number of carboxylic acid groups (broad SMARTS) is 1. The first-order valence-electron chi connectivity index (χ1n) is 6.28. The Bertz CT molecular complexity index is 602. The highest BCUT2D eigenvalue weighted by atomic mass is 16.4. The molecule has 0 fully saturated rings. The molecular formula is C14H19N3O2. The maximum Gasteiger partial charge on any atom is 0.323 e. The summed E-state index contributed by atoms with van der Waals surface area (Å²) in [6, 6.07) is 6.14. The Labute approximate surface area is 112 Å². The Morgan fingerprint density at radius 2 is 2.21 bits per heavy atom. The van der Waals surface area contributed by atoms with Crippen LogP contribution in [0.15, 0.2) is 24.5 Å². The molecule has 0 spiro atoms. The zero-order valence-corrected chi connectivity index (χ0v) is 11.5. The van der Waals surface area contributed by atoms with Gasteiger partial charge in [0, 0.05) is 13.6 Å². The number of hydrogen-bond acceptors (Lipinski definition) is 3. The van der Waals surface area contributed by atoms with E-state index in [9.17, 15) is 4.79 Å². The van der Waals surface area contributed by atoms with Crippen LogP contribution in [0.2, 0.25) is 0 Å². The summed E-state index contributed by atoms with van der Waals surface area (Å²) >= 11 is 0. The number of nitrogens with one attached hydrogen (secondary N) is 1. The van der Waals surface area contributed by atoms with Crippen LogP contribution in [0.1, 0.15) is 19.4 Å². The average Bonchev–Trinajstić information content (AvgIpc) is 2.70. The van der Waals surface area contributed by atoms with E-state index < -0.39 is 11.5 Å². The van der Waals surface area contributed by atoms with Crippen LogP contribution in [0, 0.1) is 0 Å². The van der Waals surface area contributed by atoms with Gasteiger partial charge in [0.15, 0.2) is 0 Å². The zero-order chi connectivity index (χ0) is 14.0. The van der Waals surface area contributed by atoms with Gasteiger partial charge in [0.1, 0.15) is 5.54 Å². The fourth-order valence-corrected chi connectivity index (χ4v) is 1.93. The SMILES string of the molecule is Cn1cnc2cc(CCNC(C)(C)C(=O)O)ccc21. The second kappa shape index (κ2) is 5.01. The third-order valence-electron chi connectivity index (χ3n) is 3.31. The molecule has 0 aliphatic rings. The summed E-state index contributed by atoms with van der Waals surface area (Å²) in [6.07, 6.45) is 2.57. The maximum atomic E-state index is 11.0. The number of nitrogens with zero attached hydrogens (tertiary/aromatic N) is 2. The number of hydrogen-bond donors (Lipinski definition) is 2. The highest BCUT2D eigenvalue weighted by molar-refractivity contribution is 5.77. The zero-order valence-electron chi connectivity index (χ0n) is 11.5. The molecular weight excluding hydrogens is 242 g/mol. The van der Waals surface area contributed by atoms with Crippen molar-refractivity contribution in [2.24, 2.45) is 7.05 Å². The molecule has 0 radical (unpaired) electrons. The number of aryl methyl sites for hydroxylation is 1. The molecule has 19 heavy (non-hydrogen) atoms. The van der Waals surface area contributed by atoms with Gasteiger partial charge < -0.3 is 15.0 Å². The van der Waals surface area contributed by atoms with Crippen LogP contribution in [-0.2, 0) is 18.3 Å². The lowest BCUT2D eigenvalue weighted by atomic mass is 10.1. The van der Waals surface area contributed by atoms with Gasteiger partial charge in [0.2, 0.25) is 0 Å². The van der Waals surface area contributed by atoms with Gasteiger partial charge in [0.05, 0.1) is 17.4 Å². The fraction of sp³-hybridized carbons (Fsp3) is 0.429. The average molecular weight is 261 g/mol. The number of aromatic nitrogens is 2. The van der Waals surface area contributed by atoms with Crippen molar-refractivity contribution in [2.45, 2.75) is 25.8 Å². The second-order valence-electron chi connectivity index (χ2n) is 5.29. The second-order valence-corrected chi connectivity index (χ2v) is 5.29. The molecule has 0 saturated heterocycles. The van der Waals surface area contributed by atoms with Crippen LogP contribution < -0.4 is 5.32 Å². The van der Waals surface area contributed by atoms with Crippen molar-refractivity contribution in [2.75, 3.05) is 6.54 Å². The quantitative estimate of drug-likeness (QED) is 0.857. The predicted molar refractivity (Wildman–Crippen MR) is 74.1 cm³/mol. The number of rotatable bonds is 5. The van der Waals surface area contributed by atoms with Crippen molar-refractivity contribution in [3.05, 3.63) is 30.1 Å². The van der Waals surface area contributed by atoms with E-state index in [0.717, 1.165) is 23.0 Å². The molecule has 0 aliphatic heterocycles. The molecule has 0 saturated carbocycles. The van der Waals surface area contributed by atoms with Crippen molar-refractivity contribution < 1.29 is 9.90 Å². The van der Waals surface area contributed by atoms with Gasteiger partial charge in [-0.3, -0.25) is 4.79 Å². The van der Waals surface area contributed by atoms with Crippen LogP contribution in [0.5, 0.6) is 0 Å². The standard InChI is InChI=1S/C14H19N3O2/c1-14(2,13(18)19)16-7-6-10-4-5-12-11(8-10)15-9-17(12)3/h4-5,8-9,16H,6-7H2,1-3H3,(H,18,19). The number of aliphatic carboxylic acids is 1. The van der Waals surface area contributed by atoms with Crippen LogP contribution >= 0.6 is 0 Å². The summed E-state index contributed by atoms with van der Waals surface area (Å²) in [5.41, 5.74) is 2.33. The van der Waals surface area contributed by atoms with E-state index in [0.29, 0.717) is 6.54 Å². The van der Waals surface area contributed by atoms with Crippen LogP contribution in [0.4, 0.5) is 0 Å². The molecule has 2 rings (SSSR count). The topological polar surface area (TPSA) is 67.2 Å². The Balaban J connectivity index is 2.00. The number of carboxylic acids is 1. The largest absolute Gasteiger partial charge is 0.480 e. The van der Waals surface area contributed by atoms with Crippen LogP contribution in [-0.4, -0.2) is 32.7 Å². The number of benzene rings is 1. The normalized spacial score (nSPS) is 11.9. The molecule has 2 aromatic rings. The lowest BCUT2D eigenvalue weighted by molar-refractivity contribution is -0.143. The van der Waals surface area contributed by atoms with Crippen molar-refractivity contribution in [1.29, 1.82) is 0 Å². The summed E-state index contributed by atoms with van der Waals surface area (Å²) in [5.74, 6) is -0.840. The van der Waals surface area contributed by atoms with Crippen molar-refractivity contribution >= 4 is 17.0 Å². The first kappa shape index (κ1) is 13.5.